The van der Waals surface area contributed by atoms with Crippen molar-refractivity contribution in [2.75, 3.05) is 11.9 Å². The predicted octanol–water partition coefficient (Wildman–Crippen LogP) is 3.44. The van der Waals surface area contributed by atoms with Crippen molar-refractivity contribution in [3.8, 4) is 0 Å². The van der Waals surface area contributed by atoms with E-state index in [1.807, 2.05) is 13.0 Å². The van der Waals surface area contributed by atoms with Gasteiger partial charge >= 0.3 is 0 Å². The Bertz CT molecular complexity index is 346. The molecule has 0 saturated heterocycles. The molecule has 0 radical (unpaired) electrons. The molecule has 0 unspecified atom stereocenters. The number of rotatable bonds is 6. The summed E-state index contributed by atoms with van der Waals surface area (Å²) in [5, 5.41) is 3.32. The van der Waals surface area contributed by atoms with Crippen molar-refractivity contribution in [2.24, 2.45) is 0 Å². The first-order valence-electron chi connectivity index (χ1n) is 5.54. The smallest absolute Gasteiger partial charge is 0.131 e. The minimum atomic E-state index is 0.641. The fourth-order valence-corrected chi connectivity index (χ4v) is 1.70. The average molecular weight is 225 g/mol. The molecule has 0 aromatic carbocycles. The highest BCUT2D eigenvalue weighted by Gasteiger charge is 1.94. The highest BCUT2D eigenvalue weighted by atomic mass is 32.1. The van der Waals surface area contributed by atoms with Gasteiger partial charge in [-0.1, -0.05) is 38.4 Å². The zero-order valence-electron chi connectivity index (χ0n) is 9.47. The van der Waals surface area contributed by atoms with E-state index in [4.69, 9.17) is 12.2 Å². The van der Waals surface area contributed by atoms with Crippen LogP contribution in [0.4, 0.5) is 5.82 Å². The molecule has 0 fully saturated rings. The SMILES string of the molecule is CCCCCCNc1cc(=S)nc(C)[nH]1. The van der Waals surface area contributed by atoms with E-state index in [0.717, 1.165) is 18.2 Å². The second kappa shape index (κ2) is 6.56. The maximum atomic E-state index is 5.04. The molecular weight excluding hydrogens is 206 g/mol. The second-order valence-electron chi connectivity index (χ2n) is 3.71. The minimum absolute atomic E-state index is 0.641. The van der Waals surface area contributed by atoms with Crippen LogP contribution in [0.25, 0.3) is 0 Å². The van der Waals surface area contributed by atoms with Crippen molar-refractivity contribution in [1.82, 2.24) is 9.97 Å². The molecule has 0 bridgehead atoms. The third kappa shape index (κ3) is 4.93. The number of anilines is 1. The van der Waals surface area contributed by atoms with Gasteiger partial charge in [0.2, 0.25) is 0 Å². The third-order valence-electron chi connectivity index (χ3n) is 2.21. The minimum Gasteiger partial charge on any atom is -0.372 e. The first-order valence-corrected chi connectivity index (χ1v) is 5.95. The van der Waals surface area contributed by atoms with Gasteiger partial charge in [0.25, 0.3) is 0 Å². The van der Waals surface area contributed by atoms with E-state index in [-0.39, 0.29) is 0 Å². The monoisotopic (exact) mass is 225 g/mol. The van der Waals surface area contributed by atoms with Gasteiger partial charge in [-0.25, -0.2) is 4.98 Å². The first-order chi connectivity index (χ1) is 7.22. The fraction of sp³-hybridized carbons (Fsp3) is 0.636. The Labute approximate surface area is 96.3 Å². The standard InChI is InChI=1S/C11H19N3S/c1-3-4-5-6-7-12-10-8-11(15)14-9(2)13-10/h8H,3-7H2,1-2H3,(H2,12,13,14,15). The number of nitrogens with one attached hydrogen (secondary N) is 2. The van der Waals surface area contributed by atoms with Crippen molar-refractivity contribution in [2.45, 2.75) is 39.5 Å². The summed E-state index contributed by atoms with van der Waals surface area (Å²) in [5.41, 5.74) is 0. The molecule has 0 aliphatic heterocycles. The summed E-state index contributed by atoms with van der Waals surface area (Å²) < 4.78 is 0.641. The lowest BCUT2D eigenvalue weighted by Gasteiger charge is -2.06. The molecule has 2 N–H and O–H groups in total. The highest BCUT2D eigenvalue weighted by molar-refractivity contribution is 7.71. The Morgan fingerprint density at radius 2 is 2.20 bits per heavy atom. The summed E-state index contributed by atoms with van der Waals surface area (Å²) >= 11 is 5.04. The lowest BCUT2D eigenvalue weighted by atomic mass is 10.2. The van der Waals surface area contributed by atoms with Crippen LogP contribution in [0.2, 0.25) is 0 Å². The van der Waals surface area contributed by atoms with Crippen molar-refractivity contribution in [1.29, 1.82) is 0 Å². The van der Waals surface area contributed by atoms with Gasteiger partial charge in [-0.2, -0.15) is 0 Å². The van der Waals surface area contributed by atoms with Crippen LogP contribution in [0, 0.1) is 11.6 Å². The van der Waals surface area contributed by atoms with Gasteiger partial charge in [-0.05, 0) is 13.3 Å². The molecule has 1 heterocycles. The van der Waals surface area contributed by atoms with Crippen LogP contribution in [0.3, 0.4) is 0 Å². The van der Waals surface area contributed by atoms with E-state index in [0.29, 0.717) is 4.64 Å². The molecule has 1 rings (SSSR count). The van der Waals surface area contributed by atoms with Crippen molar-refractivity contribution in [3.63, 3.8) is 0 Å². The molecule has 0 spiro atoms. The quantitative estimate of drug-likeness (QED) is 0.575. The van der Waals surface area contributed by atoms with E-state index >= 15 is 0 Å². The van der Waals surface area contributed by atoms with Crippen LogP contribution < -0.4 is 5.32 Å². The van der Waals surface area contributed by atoms with Crippen LogP contribution in [-0.4, -0.2) is 16.5 Å². The van der Waals surface area contributed by atoms with Crippen LogP contribution in [0.1, 0.15) is 38.4 Å². The van der Waals surface area contributed by atoms with Crippen molar-refractivity contribution in [3.05, 3.63) is 16.5 Å². The maximum absolute atomic E-state index is 5.04. The number of aryl methyl sites for hydroxylation is 1. The Kier molecular flexibility index (Phi) is 5.32. The van der Waals surface area contributed by atoms with Gasteiger partial charge in [0, 0.05) is 12.6 Å². The summed E-state index contributed by atoms with van der Waals surface area (Å²) in [6, 6.07) is 1.86. The number of H-pyrrole nitrogens is 1. The Balaban J connectivity index is 2.34. The van der Waals surface area contributed by atoms with E-state index in [9.17, 15) is 0 Å². The van der Waals surface area contributed by atoms with Crippen LogP contribution >= 0.6 is 12.2 Å². The van der Waals surface area contributed by atoms with E-state index in [1.54, 1.807) is 0 Å². The second-order valence-corrected chi connectivity index (χ2v) is 4.12. The molecule has 84 valence electrons. The fourth-order valence-electron chi connectivity index (χ4n) is 1.45. The van der Waals surface area contributed by atoms with Crippen LogP contribution in [0.15, 0.2) is 6.07 Å². The Morgan fingerprint density at radius 1 is 1.40 bits per heavy atom. The molecule has 0 amide bonds. The van der Waals surface area contributed by atoms with Gasteiger partial charge in [-0.3, -0.25) is 0 Å². The number of aromatic amines is 1. The normalized spacial score (nSPS) is 10.3. The van der Waals surface area contributed by atoms with Gasteiger partial charge in [-0.15, -0.1) is 0 Å². The summed E-state index contributed by atoms with van der Waals surface area (Å²) in [5.74, 6) is 1.84. The predicted molar refractivity (Wildman–Crippen MR) is 66.8 cm³/mol. The lowest BCUT2D eigenvalue weighted by molar-refractivity contribution is 0.684. The zero-order chi connectivity index (χ0) is 11.1. The third-order valence-corrected chi connectivity index (χ3v) is 2.42. The summed E-state index contributed by atoms with van der Waals surface area (Å²) in [7, 11) is 0. The number of nitrogens with zero attached hydrogens (tertiary/aromatic N) is 1. The highest BCUT2D eigenvalue weighted by Crippen LogP contribution is 2.04. The topological polar surface area (TPSA) is 40.7 Å². The number of hydrogen-bond donors (Lipinski definition) is 2. The number of aromatic nitrogens is 2. The van der Waals surface area contributed by atoms with E-state index in [2.05, 4.69) is 22.2 Å². The molecule has 0 aliphatic rings. The molecule has 4 heteroatoms. The number of hydrogen-bond acceptors (Lipinski definition) is 3. The van der Waals surface area contributed by atoms with Crippen molar-refractivity contribution < 1.29 is 0 Å². The van der Waals surface area contributed by atoms with Crippen LogP contribution in [-0.2, 0) is 0 Å². The maximum Gasteiger partial charge on any atom is 0.131 e. The van der Waals surface area contributed by atoms with Gasteiger partial charge in [0.05, 0.1) is 0 Å². The van der Waals surface area contributed by atoms with Gasteiger partial charge in [0.15, 0.2) is 0 Å². The Hall–Kier alpha value is -0.900. The Morgan fingerprint density at radius 3 is 2.87 bits per heavy atom. The lowest BCUT2D eigenvalue weighted by Crippen LogP contribution is -2.04. The summed E-state index contributed by atoms with van der Waals surface area (Å²) in [6.07, 6.45) is 5.08. The molecule has 0 saturated carbocycles. The van der Waals surface area contributed by atoms with Gasteiger partial charge < -0.3 is 10.3 Å². The number of unbranched alkanes of at least 4 members (excludes halogenated alkanes) is 3. The molecule has 3 nitrogen and oxygen atoms in total. The first kappa shape index (κ1) is 12.2. The molecule has 1 aromatic heterocycles. The molecule has 0 atom stereocenters. The molecular formula is C11H19N3S. The summed E-state index contributed by atoms with van der Waals surface area (Å²) in [4.78, 5) is 7.26. The molecule has 1 aromatic rings. The zero-order valence-corrected chi connectivity index (χ0v) is 10.3. The summed E-state index contributed by atoms with van der Waals surface area (Å²) in [6.45, 7) is 5.13. The molecule has 15 heavy (non-hydrogen) atoms. The van der Waals surface area contributed by atoms with Gasteiger partial charge in [0.1, 0.15) is 16.3 Å². The largest absolute Gasteiger partial charge is 0.372 e. The van der Waals surface area contributed by atoms with E-state index in [1.165, 1.54) is 25.7 Å². The van der Waals surface area contributed by atoms with E-state index < -0.39 is 0 Å². The average Bonchev–Trinajstić information content (AvgIpc) is 2.16. The van der Waals surface area contributed by atoms with Crippen molar-refractivity contribution >= 4 is 18.0 Å². The molecule has 0 aliphatic carbocycles. The van der Waals surface area contributed by atoms with Crippen LogP contribution in [0.5, 0.6) is 0 Å².